The second kappa shape index (κ2) is 7.70. The van der Waals surface area contributed by atoms with Gasteiger partial charge in [0.15, 0.2) is 11.5 Å². The number of hydrogen-bond acceptors (Lipinski definition) is 5. The minimum atomic E-state index is -0.0707. The fraction of sp³-hybridized carbons (Fsp3) is 0.682. The maximum atomic E-state index is 6.38. The summed E-state index contributed by atoms with van der Waals surface area (Å²) in [5.74, 6) is 2.41. The van der Waals surface area contributed by atoms with Crippen molar-refractivity contribution in [3.63, 3.8) is 0 Å². The molecule has 0 bridgehead atoms. The first-order valence-corrected chi connectivity index (χ1v) is 10.6. The first kappa shape index (κ1) is 18.6. The van der Waals surface area contributed by atoms with Gasteiger partial charge >= 0.3 is 0 Å². The Hall–Kier alpha value is -1.75. The molecule has 2 heterocycles. The molecule has 1 spiro atoms. The molecule has 1 saturated heterocycles. The third-order valence-corrected chi connectivity index (χ3v) is 6.20. The summed E-state index contributed by atoms with van der Waals surface area (Å²) in [6.07, 6.45) is 8.41. The second-order valence-corrected chi connectivity index (χ2v) is 8.52. The number of nitrogens with two attached hydrogens (primary N) is 1. The molecular weight excluding hydrogens is 338 g/mol. The fourth-order valence-corrected chi connectivity index (χ4v) is 4.84. The van der Waals surface area contributed by atoms with Crippen LogP contribution in [0.4, 0.5) is 5.69 Å². The van der Waals surface area contributed by atoms with Crippen LogP contribution in [0, 0.1) is 0 Å². The summed E-state index contributed by atoms with van der Waals surface area (Å²) in [4.78, 5) is 7.23. The Kier molecular flexibility index (Phi) is 5.31. The molecule has 0 aromatic heterocycles. The number of amidine groups is 1. The average Bonchev–Trinajstić information content (AvgIpc) is 3.36. The Bertz CT molecular complexity index is 702. The van der Waals surface area contributed by atoms with Gasteiger partial charge in [0.1, 0.15) is 5.84 Å². The highest BCUT2D eigenvalue weighted by Gasteiger charge is 2.45. The van der Waals surface area contributed by atoms with Gasteiger partial charge in [0.2, 0.25) is 0 Å². The normalized spacial score (nSPS) is 21.1. The molecule has 1 aliphatic carbocycles. The van der Waals surface area contributed by atoms with Gasteiger partial charge in [-0.1, -0.05) is 12.8 Å². The lowest BCUT2D eigenvalue weighted by Gasteiger charge is -2.26. The Morgan fingerprint density at radius 2 is 1.85 bits per heavy atom. The van der Waals surface area contributed by atoms with Crippen LogP contribution in [0.15, 0.2) is 17.1 Å². The van der Waals surface area contributed by atoms with E-state index < -0.39 is 0 Å². The molecule has 1 aromatic carbocycles. The van der Waals surface area contributed by atoms with Gasteiger partial charge in [-0.3, -0.25) is 0 Å². The number of rotatable bonds is 7. The molecule has 0 amide bonds. The maximum Gasteiger partial charge on any atom is 0.163 e. The molecular formula is C22H33N3O2. The molecule has 3 aliphatic rings. The van der Waals surface area contributed by atoms with Crippen LogP contribution >= 0.6 is 0 Å². The van der Waals surface area contributed by atoms with Crippen molar-refractivity contribution in [2.75, 3.05) is 26.2 Å². The predicted octanol–water partition coefficient (Wildman–Crippen LogP) is 4.15. The van der Waals surface area contributed by atoms with Gasteiger partial charge in [0, 0.05) is 12.6 Å². The van der Waals surface area contributed by atoms with E-state index in [-0.39, 0.29) is 11.5 Å². The Morgan fingerprint density at radius 3 is 2.56 bits per heavy atom. The highest BCUT2D eigenvalue weighted by atomic mass is 16.5. The van der Waals surface area contributed by atoms with Gasteiger partial charge in [0.05, 0.1) is 23.8 Å². The standard InChI is InChI=1S/C22H33N3O2/c1-16(2)27-20-14-17-18(24-21(23)22(17)8-3-4-9-22)15-19(20)26-13-7-12-25-10-5-6-11-25/h14-16H,3-13H2,1-2H3,(H2,23,24). The minimum absolute atomic E-state index is 0.0707. The smallest absolute Gasteiger partial charge is 0.163 e. The number of ether oxygens (including phenoxy) is 2. The van der Waals surface area contributed by atoms with Crippen molar-refractivity contribution in [2.24, 2.45) is 10.7 Å². The Balaban J connectivity index is 1.51. The molecule has 2 aliphatic heterocycles. The van der Waals surface area contributed by atoms with E-state index in [1.807, 2.05) is 6.07 Å². The van der Waals surface area contributed by atoms with E-state index in [4.69, 9.17) is 20.2 Å². The van der Waals surface area contributed by atoms with Crippen molar-refractivity contribution < 1.29 is 9.47 Å². The quantitative estimate of drug-likeness (QED) is 0.732. The average molecular weight is 372 g/mol. The molecule has 0 radical (unpaired) electrons. The summed E-state index contributed by atoms with van der Waals surface area (Å²) in [7, 11) is 0. The number of benzene rings is 1. The molecule has 2 N–H and O–H groups in total. The number of aliphatic imine (C=N–C) groups is 1. The lowest BCUT2D eigenvalue weighted by molar-refractivity contribution is 0.214. The monoisotopic (exact) mass is 371 g/mol. The van der Waals surface area contributed by atoms with E-state index in [9.17, 15) is 0 Å². The zero-order valence-electron chi connectivity index (χ0n) is 16.8. The van der Waals surface area contributed by atoms with E-state index >= 15 is 0 Å². The van der Waals surface area contributed by atoms with Crippen molar-refractivity contribution in [1.82, 2.24) is 4.90 Å². The van der Waals surface area contributed by atoms with Gasteiger partial charge in [-0.25, -0.2) is 4.99 Å². The van der Waals surface area contributed by atoms with Crippen molar-refractivity contribution in [3.8, 4) is 11.5 Å². The summed E-state index contributed by atoms with van der Waals surface area (Å²) < 4.78 is 12.3. The first-order chi connectivity index (χ1) is 13.1. The zero-order chi connectivity index (χ0) is 18.9. The molecule has 2 fully saturated rings. The van der Waals surface area contributed by atoms with Crippen LogP contribution in [0.5, 0.6) is 11.5 Å². The highest BCUT2D eigenvalue weighted by molar-refractivity contribution is 6.00. The molecule has 5 heteroatoms. The minimum Gasteiger partial charge on any atom is -0.490 e. The van der Waals surface area contributed by atoms with Crippen LogP contribution in [0.1, 0.15) is 64.4 Å². The van der Waals surface area contributed by atoms with Crippen LogP contribution in [0.3, 0.4) is 0 Å². The van der Waals surface area contributed by atoms with Crippen LogP contribution in [0.25, 0.3) is 0 Å². The Morgan fingerprint density at radius 1 is 1.11 bits per heavy atom. The van der Waals surface area contributed by atoms with Gasteiger partial charge in [-0.05, 0) is 70.7 Å². The molecule has 5 nitrogen and oxygen atoms in total. The van der Waals surface area contributed by atoms with Crippen LogP contribution in [-0.2, 0) is 5.41 Å². The Labute approximate surface area is 162 Å². The van der Waals surface area contributed by atoms with E-state index in [1.54, 1.807) is 0 Å². The van der Waals surface area contributed by atoms with Crippen LogP contribution in [0.2, 0.25) is 0 Å². The third-order valence-electron chi connectivity index (χ3n) is 6.20. The largest absolute Gasteiger partial charge is 0.490 e. The predicted molar refractivity (Wildman–Crippen MR) is 109 cm³/mol. The van der Waals surface area contributed by atoms with E-state index in [0.717, 1.165) is 48.8 Å². The summed E-state index contributed by atoms with van der Waals surface area (Å²) in [5, 5.41) is 0. The van der Waals surface area contributed by atoms with E-state index in [0.29, 0.717) is 6.61 Å². The SMILES string of the molecule is CC(C)Oc1cc2c(cc1OCCCN1CCCC1)N=C(N)C21CCCC1. The van der Waals surface area contributed by atoms with E-state index in [1.165, 1.54) is 44.3 Å². The summed E-state index contributed by atoms with van der Waals surface area (Å²) in [6, 6.07) is 4.20. The second-order valence-electron chi connectivity index (χ2n) is 8.52. The first-order valence-electron chi connectivity index (χ1n) is 10.6. The topological polar surface area (TPSA) is 60.1 Å². The number of nitrogens with zero attached hydrogens (tertiary/aromatic N) is 2. The third kappa shape index (κ3) is 3.66. The molecule has 1 aromatic rings. The lowest BCUT2D eigenvalue weighted by Crippen LogP contribution is -2.35. The molecule has 0 atom stereocenters. The van der Waals surface area contributed by atoms with Crippen molar-refractivity contribution in [1.29, 1.82) is 0 Å². The zero-order valence-corrected chi connectivity index (χ0v) is 16.8. The van der Waals surface area contributed by atoms with Crippen molar-refractivity contribution in [3.05, 3.63) is 17.7 Å². The maximum absolute atomic E-state index is 6.38. The fourth-order valence-electron chi connectivity index (χ4n) is 4.84. The lowest BCUT2D eigenvalue weighted by atomic mass is 9.79. The molecule has 27 heavy (non-hydrogen) atoms. The summed E-state index contributed by atoms with van der Waals surface area (Å²) in [6.45, 7) is 8.39. The van der Waals surface area contributed by atoms with Crippen LogP contribution in [-0.4, -0.2) is 43.1 Å². The van der Waals surface area contributed by atoms with Gasteiger partial charge in [-0.15, -0.1) is 0 Å². The number of fused-ring (bicyclic) bond motifs is 2. The summed E-state index contributed by atoms with van der Waals surface area (Å²) in [5.41, 5.74) is 8.52. The molecule has 1 saturated carbocycles. The highest BCUT2D eigenvalue weighted by Crippen LogP contribution is 2.52. The van der Waals surface area contributed by atoms with Gasteiger partial charge < -0.3 is 20.1 Å². The van der Waals surface area contributed by atoms with E-state index in [2.05, 4.69) is 24.8 Å². The summed E-state index contributed by atoms with van der Waals surface area (Å²) >= 11 is 0. The molecule has 148 valence electrons. The van der Waals surface area contributed by atoms with Crippen molar-refractivity contribution in [2.45, 2.75) is 70.3 Å². The van der Waals surface area contributed by atoms with Gasteiger partial charge in [0.25, 0.3) is 0 Å². The molecule has 0 unspecified atom stereocenters. The molecule has 4 rings (SSSR count). The number of likely N-dealkylation sites (tertiary alicyclic amines) is 1. The van der Waals surface area contributed by atoms with Gasteiger partial charge in [-0.2, -0.15) is 0 Å². The van der Waals surface area contributed by atoms with Crippen molar-refractivity contribution >= 4 is 11.5 Å². The number of hydrogen-bond donors (Lipinski definition) is 1. The van der Waals surface area contributed by atoms with Crippen LogP contribution < -0.4 is 15.2 Å².